The van der Waals surface area contributed by atoms with Gasteiger partial charge in [-0.15, -0.1) is 0 Å². The van der Waals surface area contributed by atoms with Gasteiger partial charge in [0.25, 0.3) is 0 Å². The van der Waals surface area contributed by atoms with Crippen LogP contribution in [0.5, 0.6) is 0 Å². The van der Waals surface area contributed by atoms with Crippen molar-refractivity contribution >= 4 is 15.7 Å². The zero-order valence-corrected chi connectivity index (χ0v) is 11.3. The summed E-state index contributed by atoms with van der Waals surface area (Å²) in [7, 11) is -2.96. The van der Waals surface area contributed by atoms with Crippen LogP contribution < -0.4 is 10.6 Å². The van der Waals surface area contributed by atoms with E-state index < -0.39 is 9.84 Å². The summed E-state index contributed by atoms with van der Waals surface area (Å²) < 4.78 is 22.8. The molecule has 0 radical (unpaired) electrons. The third kappa shape index (κ3) is 5.50. The molecule has 17 heavy (non-hydrogen) atoms. The molecule has 2 atom stereocenters. The average molecular weight is 262 g/mol. The van der Waals surface area contributed by atoms with Gasteiger partial charge in [-0.1, -0.05) is 13.3 Å². The molecule has 0 aromatic rings. The summed E-state index contributed by atoms with van der Waals surface area (Å²) in [6, 6.07) is -0.0738. The van der Waals surface area contributed by atoms with E-state index in [0.29, 0.717) is 6.54 Å². The van der Waals surface area contributed by atoms with Crippen LogP contribution in [0.3, 0.4) is 0 Å². The molecular weight excluding hydrogens is 240 g/mol. The Bertz CT molecular complexity index is 354. The van der Waals surface area contributed by atoms with Crippen LogP contribution in [-0.4, -0.2) is 44.5 Å². The quantitative estimate of drug-likeness (QED) is 0.735. The van der Waals surface area contributed by atoms with Gasteiger partial charge < -0.3 is 10.6 Å². The van der Waals surface area contributed by atoms with E-state index in [1.165, 1.54) is 0 Å². The summed E-state index contributed by atoms with van der Waals surface area (Å²) >= 11 is 0. The number of hydrogen-bond acceptors (Lipinski definition) is 4. The van der Waals surface area contributed by atoms with Crippen molar-refractivity contribution in [1.82, 2.24) is 10.6 Å². The Morgan fingerprint density at radius 3 is 2.82 bits per heavy atom. The number of amides is 1. The number of hydrogen-bond donors (Lipinski definition) is 2. The van der Waals surface area contributed by atoms with Gasteiger partial charge in [0.15, 0.2) is 9.84 Å². The second kappa shape index (κ2) is 6.35. The van der Waals surface area contributed by atoms with Gasteiger partial charge in [0, 0.05) is 25.0 Å². The van der Waals surface area contributed by atoms with E-state index in [0.717, 1.165) is 12.8 Å². The summed E-state index contributed by atoms with van der Waals surface area (Å²) in [4.78, 5) is 11.7. The maximum atomic E-state index is 11.7. The standard InChI is InChI=1S/C11H22N2O3S/c1-3-4-9(2)13-11(14)7-10-8-17(15,16)6-5-12-10/h9-10,12H,3-8H2,1-2H3,(H,13,14). The molecule has 2 N–H and O–H groups in total. The first kappa shape index (κ1) is 14.4. The predicted octanol–water partition coefficient (Wildman–Crippen LogP) is 0.0679. The van der Waals surface area contributed by atoms with E-state index >= 15 is 0 Å². The molecule has 1 aliphatic rings. The summed E-state index contributed by atoms with van der Waals surface area (Å²) in [5.41, 5.74) is 0. The van der Waals surface area contributed by atoms with Crippen LogP contribution in [0.4, 0.5) is 0 Å². The number of rotatable bonds is 5. The van der Waals surface area contributed by atoms with Crippen molar-refractivity contribution in [3.63, 3.8) is 0 Å². The van der Waals surface area contributed by atoms with E-state index in [1.807, 2.05) is 6.92 Å². The van der Waals surface area contributed by atoms with Crippen LogP contribution in [-0.2, 0) is 14.6 Å². The lowest BCUT2D eigenvalue weighted by Gasteiger charge is -2.23. The monoisotopic (exact) mass is 262 g/mol. The fraction of sp³-hybridized carbons (Fsp3) is 0.909. The lowest BCUT2D eigenvalue weighted by molar-refractivity contribution is -0.122. The second-order valence-electron chi connectivity index (χ2n) is 4.73. The van der Waals surface area contributed by atoms with Crippen molar-refractivity contribution in [3.05, 3.63) is 0 Å². The van der Waals surface area contributed by atoms with Gasteiger partial charge in [0.2, 0.25) is 5.91 Å². The first-order valence-electron chi connectivity index (χ1n) is 6.16. The molecular formula is C11H22N2O3S. The van der Waals surface area contributed by atoms with Gasteiger partial charge in [-0.2, -0.15) is 0 Å². The Kier molecular flexibility index (Phi) is 5.39. The van der Waals surface area contributed by atoms with E-state index in [2.05, 4.69) is 17.6 Å². The Hall–Kier alpha value is -0.620. The molecule has 1 saturated heterocycles. The molecule has 100 valence electrons. The van der Waals surface area contributed by atoms with Gasteiger partial charge in [0.05, 0.1) is 11.5 Å². The van der Waals surface area contributed by atoms with E-state index in [9.17, 15) is 13.2 Å². The van der Waals surface area contributed by atoms with Crippen LogP contribution >= 0.6 is 0 Å². The largest absolute Gasteiger partial charge is 0.354 e. The summed E-state index contributed by atoms with van der Waals surface area (Å²) in [5.74, 6) is 0.181. The van der Waals surface area contributed by atoms with Gasteiger partial charge in [-0.05, 0) is 13.3 Å². The second-order valence-corrected chi connectivity index (χ2v) is 6.96. The molecule has 1 rings (SSSR count). The molecule has 0 aliphatic carbocycles. The SMILES string of the molecule is CCCC(C)NC(=O)CC1CS(=O)(=O)CCN1. The third-order valence-electron chi connectivity index (χ3n) is 2.86. The Balaban J connectivity index is 2.36. The van der Waals surface area contributed by atoms with Crippen molar-refractivity contribution in [2.45, 2.75) is 45.2 Å². The zero-order valence-electron chi connectivity index (χ0n) is 10.5. The highest BCUT2D eigenvalue weighted by Gasteiger charge is 2.26. The smallest absolute Gasteiger partial charge is 0.221 e. The van der Waals surface area contributed by atoms with Crippen molar-refractivity contribution < 1.29 is 13.2 Å². The molecule has 2 unspecified atom stereocenters. The van der Waals surface area contributed by atoms with Crippen LogP contribution in [0.2, 0.25) is 0 Å². The minimum absolute atomic E-state index is 0.0689. The number of nitrogens with one attached hydrogen (secondary N) is 2. The Morgan fingerprint density at radius 1 is 1.53 bits per heavy atom. The molecule has 5 nitrogen and oxygen atoms in total. The van der Waals surface area contributed by atoms with Crippen molar-refractivity contribution in [3.8, 4) is 0 Å². The van der Waals surface area contributed by atoms with Gasteiger partial charge in [-0.3, -0.25) is 4.79 Å². The normalized spacial score (nSPS) is 25.2. The molecule has 1 aliphatic heterocycles. The van der Waals surface area contributed by atoms with Crippen LogP contribution in [0.15, 0.2) is 0 Å². The van der Waals surface area contributed by atoms with Gasteiger partial charge >= 0.3 is 0 Å². The Labute approximate surface area is 103 Å². The topological polar surface area (TPSA) is 75.3 Å². The highest BCUT2D eigenvalue weighted by Crippen LogP contribution is 2.05. The fourth-order valence-electron chi connectivity index (χ4n) is 2.06. The van der Waals surface area contributed by atoms with Gasteiger partial charge in [0.1, 0.15) is 0 Å². The number of sulfone groups is 1. The van der Waals surface area contributed by atoms with E-state index in [1.54, 1.807) is 0 Å². The molecule has 1 heterocycles. The van der Waals surface area contributed by atoms with Crippen molar-refractivity contribution in [2.75, 3.05) is 18.1 Å². The van der Waals surface area contributed by atoms with Crippen molar-refractivity contribution in [1.29, 1.82) is 0 Å². The van der Waals surface area contributed by atoms with E-state index in [-0.39, 0.29) is 35.9 Å². The highest BCUT2D eigenvalue weighted by molar-refractivity contribution is 7.91. The van der Waals surface area contributed by atoms with Crippen LogP contribution in [0.1, 0.15) is 33.1 Å². The first-order valence-corrected chi connectivity index (χ1v) is 7.98. The molecule has 1 amide bonds. The molecule has 6 heteroatoms. The zero-order chi connectivity index (χ0) is 12.9. The number of carbonyl (C=O) groups is 1. The lowest BCUT2D eigenvalue weighted by atomic mass is 10.1. The molecule has 0 saturated carbocycles. The molecule has 0 aromatic carbocycles. The van der Waals surface area contributed by atoms with Crippen LogP contribution in [0.25, 0.3) is 0 Å². The summed E-state index contributed by atoms with van der Waals surface area (Å²) in [6.07, 6.45) is 2.22. The maximum absolute atomic E-state index is 11.7. The lowest BCUT2D eigenvalue weighted by Crippen LogP contribution is -2.48. The fourth-order valence-corrected chi connectivity index (χ4v) is 3.51. The minimum atomic E-state index is -2.96. The van der Waals surface area contributed by atoms with Gasteiger partial charge in [-0.25, -0.2) is 8.42 Å². The summed E-state index contributed by atoms with van der Waals surface area (Å²) in [6.45, 7) is 4.48. The predicted molar refractivity (Wildman–Crippen MR) is 67.6 cm³/mol. The Morgan fingerprint density at radius 2 is 2.24 bits per heavy atom. The first-order chi connectivity index (χ1) is 7.93. The number of carbonyl (C=O) groups excluding carboxylic acids is 1. The molecule has 1 fully saturated rings. The third-order valence-corrected chi connectivity index (χ3v) is 4.60. The van der Waals surface area contributed by atoms with Crippen molar-refractivity contribution in [2.24, 2.45) is 0 Å². The highest BCUT2D eigenvalue weighted by atomic mass is 32.2. The summed E-state index contributed by atoms with van der Waals surface area (Å²) in [5, 5.41) is 5.95. The molecule has 0 aromatic heterocycles. The minimum Gasteiger partial charge on any atom is -0.354 e. The van der Waals surface area contributed by atoms with Crippen LogP contribution in [0, 0.1) is 0 Å². The maximum Gasteiger partial charge on any atom is 0.221 e. The molecule has 0 bridgehead atoms. The molecule has 0 spiro atoms. The average Bonchev–Trinajstić information content (AvgIpc) is 2.15. The van der Waals surface area contributed by atoms with E-state index in [4.69, 9.17) is 0 Å².